The molecule has 0 saturated heterocycles. The molecule has 1 heterocycles. The van der Waals surface area contributed by atoms with Crippen LogP contribution in [0.3, 0.4) is 0 Å². The van der Waals surface area contributed by atoms with Gasteiger partial charge in [0.25, 0.3) is 0 Å². The summed E-state index contributed by atoms with van der Waals surface area (Å²) in [6, 6.07) is 4.96. The summed E-state index contributed by atoms with van der Waals surface area (Å²) in [6.45, 7) is 2.05. The first kappa shape index (κ1) is 10.8. The Morgan fingerprint density at radius 2 is 2.40 bits per heavy atom. The Morgan fingerprint density at radius 3 is 3.00 bits per heavy atom. The van der Waals surface area contributed by atoms with Crippen LogP contribution in [0.25, 0.3) is 0 Å². The summed E-state index contributed by atoms with van der Waals surface area (Å²) in [5.41, 5.74) is 0.678. The SMILES string of the molecule is CC1CSC(Nc2ccc(Cl)c(F)c2)=N1. The number of halogens is 2. The van der Waals surface area contributed by atoms with Crippen LogP contribution in [0.2, 0.25) is 5.02 Å². The van der Waals surface area contributed by atoms with E-state index >= 15 is 0 Å². The Kier molecular flexibility index (Phi) is 3.17. The van der Waals surface area contributed by atoms with E-state index in [9.17, 15) is 4.39 Å². The van der Waals surface area contributed by atoms with Gasteiger partial charge in [-0.3, -0.25) is 4.99 Å². The van der Waals surface area contributed by atoms with Gasteiger partial charge >= 0.3 is 0 Å². The van der Waals surface area contributed by atoms with Gasteiger partial charge in [-0.2, -0.15) is 0 Å². The van der Waals surface area contributed by atoms with Crippen molar-refractivity contribution in [3.8, 4) is 0 Å². The van der Waals surface area contributed by atoms with Crippen molar-refractivity contribution in [2.24, 2.45) is 4.99 Å². The fourth-order valence-corrected chi connectivity index (χ4v) is 2.28. The first-order valence-electron chi connectivity index (χ1n) is 4.58. The molecule has 2 nitrogen and oxygen atoms in total. The van der Waals surface area contributed by atoms with E-state index in [0.29, 0.717) is 11.7 Å². The van der Waals surface area contributed by atoms with Crippen molar-refractivity contribution in [3.05, 3.63) is 29.0 Å². The zero-order valence-electron chi connectivity index (χ0n) is 8.13. The highest BCUT2D eigenvalue weighted by Gasteiger charge is 2.14. The van der Waals surface area contributed by atoms with Gasteiger partial charge in [-0.1, -0.05) is 23.4 Å². The first-order valence-corrected chi connectivity index (χ1v) is 5.94. The number of rotatable bonds is 1. The van der Waals surface area contributed by atoms with Gasteiger partial charge in [0.05, 0.1) is 11.1 Å². The van der Waals surface area contributed by atoms with Crippen molar-refractivity contribution in [1.82, 2.24) is 0 Å². The molecule has 0 bridgehead atoms. The van der Waals surface area contributed by atoms with E-state index in [1.54, 1.807) is 17.8 Å². The lowest BCUT2D eigenvalue weighted by Gasteiger charge is -2.05. The maximum Gasteiger partial charge on any atom is 0.161 e. The zero-order chi connectivity index (χ0) is 10.8. The number of hydrogen-bond donors (Lipinski definition) is 1. The average molecular weight is 245 g/mol. The smallest absolute Gasteiger partial charge is 0.161 e. The number of nitrogens with zero attached hydrogens (tertiary/aromatic N) is 1. The van der Waals surface area contributed by atoms with Crippen molar-refractivity contribution >= 4 is 34.2 Å². The van der Waals surface area contributed by atoms with Crippen LogP contribution in [-0.2, 0) is 0 Å². The van der Waals surface area contributed by atoms with Crippen LogP contribution < -0.4 is 5.32 Å². The molecule has 0 radical (unpaired) electrons. The number of benzene rings is 1. The van der Waals surface area contributed by atoms with Gasteiger partial charge < -0.3 is 5.32 Å². The molecule has 5 heteroatoms. The topological polar surface area (TPSA) is 24.4 Å². The summed E-state index contributed by atoms with van der Waals surface area (Å²) < 4.78 is 13.1. The fourth-order valence-electron chi connectivity index (χ4n) is 1.24. The quantitative estimate of drug-likeness (QED) is 0.819. The summed E-state index contributed by atoms with van der Waals surface area (Å²) in [7, 11) is 0. The lowest BCUT2D eigenvalue weighted by molar-refractivity contribution is 0.629. The Balaban J connectivity index is 2.11. The molecule has 2 rings (SSSR count). The molecule has 1 aliphatic heterocycles. The van der Waals surface area contributed by atoms with Crippen LogP contribution in [0.1, 0.15) is 6.92 Å². The molecule has 1 aromatic carbocycles. The number of amidine groups is 1. The molecule has 1 aromatic rings. The van der Waals surface area contributed by atoms with Crippen LogP contribution in [0.4, 0.5) is 10.1 Å². The third kappa shape index (κ3) is 2.63. The van der Waals surface area contributed by atoms with Crippen molar-refractivity contribution in [1.29, 1.82) is 0 Å². The van der Waals surface area contributed by atoms with Crippen molar-refractivity contribution < 1.29 is 4.39 Å². The molecule has 0 saturated carbocycles. The molecule has 80 valence electrons. The van der Waals surface area contributed by atoms with E-state index in [1.165, 1.54) is 12.1 Å². The Hall–Kier alpha value is -0.740. The molecule has 1 N–H and O–H groups in total. The minimum absolute atomic E-state index is 0.134. The second-order valence-corrected chi connectivity index (χ2v) is 4.76. The van der Waals surface area contributed by atoms with Gasteiger partial charge in [0, 0.05) is 11.4 Å². The molecular formula is C10H10ClFN2S. The van der Waals surface area contributed by atoms with E-state index in [1.807, 2.05) is 6.92 Å². The lowest BCUT2D eigenvalue weighted by atomic mass is 10.3. The number of thioether (sulfide) groups is 1. The van der Waals surface area contributed by atoms with Crippen molar-refractivity contribution in [2.45, 2.75) is 13.0 Å². The minimum Gasteiger partial charge on any atom is -0.335 e. The van der Waals surface area contributed by atoms with Crippen LogP contribution in [0.5, 0.6) is 0 Å². The second-order valence-electron chi connectivity index (χ2n) is 3.35. The van der Waals surface area contributed by atoms with E-state index in [2.05, 4.69) is 10.3 Å². The maximum absolute atomic E-state index is 13.1. The van der Waals surface area contributed by atoms with Gasteiger partial charge in [0.15, 0.2) is 5.17 Å². The zero-order valence-corrected chi connectivity index (χ0v) is 9.70. The van der Waals surface area contributed by atoms with E-state index in [0.717, 1.165) is 10.9 Å². The van der Waals surface area contributed by atoms with Gasteiger partial charge in [-0.25, -0.2) is 4.39 Å². The van der Waals surface area contributed by atoms with Crippen molar-refractivity contribution in [3.63, 3.8) is 0 Å². The predicted molar refractivity (Wildman–Crippen MR) is 64.4 cm³/mol. The van der Waals surface area contributed by atoms with Crippen LogP contribution in [0.15, 0.2) is 23.2 Å². The van der Waals surface area contributed by atoms with E-state index in [4.69, 9.17) is 11.6 Å². The third-order valence-electron chi connectivity index (χ3n) is 1.97. The molecule has 0 aromatic heterocycles. The largest absolute Gasteiger partial charge is 0.335 e. The maximum atomic E-state index is 13.1. The van der Waals surface area contributed by atoms with Gasteiger partial charge in [0.1, 0.15) is 5.82 Å². The third-order valence-corrected chi connectivity index (χ3v) is 3.41. The standard InChI is InChI=1S/C10H10ClFN2S/c1-6-5-15-10(13-6)14-7-2-3-8(11)9(12)4-7/h2-4,6H,5H2,1H3,(H,13,14). The summed E-state index contributed by atoms with van der Waals surface area (Å²) in [4.78, 5) is 4.35. The van der Waals surface area contributed by atoms with Crippen LogP contribution in [0, 0.1) is 5.82 Å². The molecule has 0 amide bonds. The molecule has 0 spiro atoms. The molecule has 0 fully saturated rings. The van der Waals surface area contributed by atoms with Gasteiger partial charge in [0.2, 0.25) is 0 Å². The average Bonchev–Trinajstić information content (AvgIpc) is 2.58. The van der Waals surface area contributed by atoms with Crippen LogP contribution >= 0.6 is 23.4 Å². The van der Waals surface area contributed by atoms with E-state index < -0.39 is 5.82 Å². The van der Waals surface area contributed by atoms with E-state index in [-0.39, 0.29) is 5.02 Å². The number of hydrogen-bond acceptors (Lipinski definition) is 3. The summed E-state index contributed by atoms with van der Waals surface area (Å²) in [5.74, 6) is 0.552. The highest BCUT2D eigenvalue weighted by Crippen LogP contribution is 2.22. The van der Waals surface area contributed by atoms with Gasteiger partial charge in [-0.15, -0.1) is 0 Å². The molecule has 1 atom stereocenters. The number of anilines is 1. The first-order chi connectivity index (χ1) is 7.15. The molecule has 15 heavy (non-hydrogen) atoms. The summed E-state index contributed by atoms with van der Waals surface area (Å²) in [6.07, 6.45) is 0. The molecular weight excluding hydrogens is 235 g/mol. The van der Waals surface area contributed by atoms with Crippen molar-refractivity contribution in [2.75, 3.05) is 11.1 Å². The molecule has 0 aliphatic carbocycles. The second kappa shape index (κ2) is 4.41. The summed E-state index contributed by atoms with van der Waals surface area (Å²) >= 11 is 7.22. The molecule has 1 aliphatic rings. The highest BCUT2D eigenvalue weighted by molar-refractivity contribution is 8.14. The predicted octanol–water partition coefficient (Wildman–Crippen LogP) is 3.38. The Labute approximate surface area is 96.9 Å². The lowest BCUT2D eigenvalue weighted by Crippen LogP contribution is -2.05. The monoisotopic (exact) mass is 244 g/mol. The fraction of sp³-hybridized carbons (Fsp3) is 0.300. The number of nitrogens with one attached hydrogen (secondary N) is 1. The molecule has 1 unspecified atom stereocenters. The van der Waals surface area contributed by atoms with Gasteiger partial charge in [-0.05, 0) is 25.1 Å². The highest BCUT2D eigenvalue weighted by atomic mass is 35.5. The Bertz CT molecular complexity index is 408. The van der Waals surface area contributed by atoms with Crippen LogP contribution in [-0.4, -0.2) is 17.0 Å². The normalized spacial score (nSPS) is 20.2. The summed E-state index contributed by atoms with van der Waals surface area (Å²) in [5, 5.41) is 4.03. The Morgan fingerprint density at radius 1 is 1.60 bits per heavy atom. The number of aliphatic imine (C=N–C) groups is 1. The minimum atomic E-state index is -0.418.